The number of aliphatic imine (C=N–C) groups is 1. The fraction of sp³-hybridized carbons (Fsp3) is 0.435. The Balaban J connectivity index is 0.00000256. The summed E-state index contributed by atoms with van der Waals surface area (Å²) in [4.78, 5) is 8.94. The predicted octanol–water partition coefficient (Wildman–Crippen LogP) is 4.47. The highest BCUT2D eigenvalue weighted by molar-refractivity contribution is 14.0. The van der Waals surface area contributed by atoms with Crippen molar-refractivity contribution in [1.82, 2.24) is 10.2 Å². The molecule has 2 aromatic carbocycles. The number of hydrogen-bond acceptors (Lipinski definition) is 2. The number of likely N-dealkylation sites (tertiary alicyclic amines) is 1. The Morgan fingerprint density at radius 3 is 2.57 bits per heavy atom. The molecule has 2 aliphatic heterocycles. The molecule has 7 heteroatoms. The number of nitrogens with zero attached hydrogens (tertiary/aromatic N) is 3. The van der Waals surface area contributed by atoms with Gasteiger partial charge in [0.25, 0.3) is 0 Å². The Morgan fingerprint density at radius 2 is 1.83 bits per heavy atom. The van der Waals surface area contributed by atoms with Gasteiger partial charge in [0.1, 0.15) is 0 Å². The van der Waals surface area contributed by atoms with Gasteiger partial charge in [0.2, 0.25) is 0 Å². The van der Waals surface area contributed by atoms with Crippen molar-refractivity contribution in [3.8, 4) is 0 Å². The monoisotopic (exact) mass is 526 g/mol. The molecule has 0 spiro atoms. The third-order valence-corrected chi connectivity index (χ3v) is 6.07. The van der Waals surface area contributed by atoms with E-state index in [9.17, 15) is 8.78 Å². The van der Waals surface area contributed by atoms with Crippen molar-refractivity contribution in [3.63, 3.8) is 0 Å². The van der Waals surface area contributed by atoms with E-state index in [1.165, 1.54) is 17.7 Å². The third kappa shape index (κ3) is 5.22. The first-order valence-corrected chi connectivity index (χ1v) is 10.3. The summed E-state index contributed by atoms with van der Waals surface area (Å²) < 4.78 is 26.7. The minimum atomic E-state index is -0.797. The zero-order chi connectivity index (χ0) is 20.2. The summed E-state index contributed by atoms with van der Waals surface area (Å²) in [6.07, 6.45) is 2.16. The van der Waals surface area contributed by atoms with Gasteiger partial charge in [0, 0.05) is 57.4 Å². The van der Waals surface area contributed by atoms with Crippen molar-refractivity contribution < 1.29 is 8.78 Å². The first kappa shape index (κ1) is 22.8. The van der Waals surface area contributed by atoms with Crippen molar-refractivity contribution in [1.29, 1.82) is 0 Å². The number of nitrogens with one attached hydrogen (secondary N) is 1. The summed E-state index contributed by atoms with van der Waals surface area (Å²) >= 11 is 0. The molecule has 2 fully saturated rings. The summed E-state index contributed by atoms with van der Waals surface area (Å²) in [5.74, 6) is 0.369. The van der Waals surface area contributed by atoms with E-state index >= 15 is 0 Å². The summed E-state index contributed by atoms with van der Waals surface area (Å²) in [6.45, 7) is 4.51. The van der Waals surface area contributed by atoms with E-state index in [4.69, 9.17) is 0 Å². The largest absolute Gasteiger partial charge is 0.371 e. The van der Waals surface area contributed by atoms with Gasteiger partial charge in [-0.25, -0.2) is 8.78 Å². The molecule has 4 rings (SSSR count). The lowest BCUT2D eigenvalue weighted by atomic mass is 9.99. The molecular weight excluding hydrogens is 497 g/mol. The van der Waals surface area contributed by atoms with E-state index in [1.807, 2.05) is 7.05 Å². The molecule has 0 aliphatic carbocycles. The van der Waals surface area contributed by atoms with E-state index in [1.54, 1.807) is 6.07 Å². The van der Waals surface area contributed by atoms with Gasteiger partial charge in [-0.3, -0.25) is 4.99 Å². The maximum atomic E-state index is 13.5. The van der Waals surface area contributed by atoms with Crippen molar-refractivity contribution in [3.05, 3.63) is 65.7 Å². The van der Waals surface area contributed by atoms with E-state index in [-0.39, 0.29) is 24.0 Å². The molecule has 2 aliphatic rings. The molecule has 0 aromatic heterocycles. The Labute approximate surface area is 194 Å². The fourth-order valence-electron chi connectivity index (χ4n) is 4.43. The van der Waals surface area contributed by atoms with Gasteiger partial charge in [0.05, 0.1) is 0 Å². The molecule has 0 radical (unpaired) electrons. The topological polar surface area (TPSA) is 30.9 Å². The van der Waals surface area contributed by atoms with E-state index in [0.717, 1.165) is 57.2 Å². The first-order valence-electron chi connectivity index (χ1n) is 10.3. The molecule has 2 saturated heterocycles. The maximum absolute atomic E-state index is 13.5. The van der Waals surface area contributed by atoms with Crippen LogP contribution in [0.3, 0.4) is 0 Å². The van der Waals surface area contributed by atoms with Crippen LogP contribution in [0.2, 0.25) is 0 Å². The van der Waals surface area contributed by atoms with Gasteiger partial charge in [0.15, 0.2) is 17.6 Å². The highest BCUT2D eigenvalue weighted by Gasteiger charge is 2.28. The van der Waals surface area contributed by atoms with E-state index in [2.05, 4.69) is 50.4 Å². The molecule has 2 atom stereocenters. The number of hydrogen-bond donors (Lipinski definition) is 1. The second kappa shape index (κ2) is 10.4. The smallest absolute Gasteiger partial charge is 0.193 e. The van der Waals surface area contributed by atoms with Gasteiger partial charge in [-0.05, 0) is 36.5 Å². The summed E-state index contributed by atoms with van der Waals surface area (Å²) in [7, 11) is 1.83. The number of rotatable bonds is 4. The van der Waals surface area contributed by atoms with Crippen LogP contribution in [0.4, 0.5) is 14.5 Å². The molecule has 4 nitrogen and oxygen atoms in total. The minimum Gasteiger partial charge on any atom is -0.371 e. The van der Waals surface area contributed by atoms with Crippen LogP contribution in [-0.4, -0.2) is 50.6 Å². The molecule has 162 valence electrons. The second-order valence-corrected chi connectivity index (χ2v) is 7.97. The third-order valence-electron chi connectivity index (χ3n) is 6.07. The van der Waals surface area contributed by atoms with Crippen LogP contribution >= 0.6 is 24.0 Å². The lowest BCUT2D eigenvalue weighted by Crippen LogP contribution is -2.42. The van der Waals surface area contributed by atoms with Crippen LogP contribution in [0, 0.1) is 17.6 Å². The Kier molecular flexibility index (Phi) is 7.91. The van der Waals surface area contributed by atoms with Gasteiger partial charge in [-0.1, -0.05) is 30.3 Å². The number of guanidine groups is 1. The van der Waals surface area contributed by atoms with Gasteiger partial charge >= 0.3 is 0 Å². The Morgan fingerprint density at radius 1 is 1.03 bits per heavy atom. The normalized spacial score (nSPS) is 21.6. The van der Waals surface area contributed by atoms with Crippen molar-refractivity contribution in [2.75, 3.05) is 44.7 Å². The van der Waals surface area contributed by atoms with Crippen molar-refractivity contribution >= 4 is 35.6 Å². The average Bonchev–Trinajstić information content (AvgIpc) is 3.42. The van der Waals surface area contributed by atoms with Crippen LogP contribution in [0.1, 0.15) is 24.3 Å². The fourth-order valence-corrected chi connectivity index (χ4v) is 4.43. The van der Waals surface area contributed by atoms with Gasteiger partial charge < -0.3 is 15.1 Å². The molecule has 0 bridgehead atoms. The maximum Gasteiger partial charge on any atom is 0.193 e. The quantitative estimate of drug-likeness (QED) is 0.363. The molecule has 2 heterocycles. The summed E-state index contributed by atoms with van der Waals surface area (Å²) in [6, 6.07) is 14.8. The summed E-state index contributed by atoms with van der Waals surface area (Å²) in [5, 5.41) is 3.53. The Hall–Kier alpha value is -1.90. The second-order valence-electron chi connectivity index (χ2n) is 7.97. The minimum absolute atomic E-state index is 0. The van der Waals surface area contributed by atoms with Crippen LogP contribution in [0.5, 0.6) is 0 Å². The zero-order valence-electron chi connectivity index (χ0n) is 17.2. The summed E-state index contributed by atoms with van der Waals surface area (Å²) in [5.41, 5.74) is 2.14. The number of halogens is 3. The SMILES string of the molecule is CN=C(NCC1CCN(c2ccc(F)c(F)c2)C1)N1CCC(c2ccccc2)C1.I. The van der Waals surface area contributed by atoms with Crippen LogP contribution in [0.25, 0.3) is 0 Å². The molecule has 2 unspecified atom stereocenters. The Bertz CT molecular complexity index is 862. The number of benzene rings is 2. The molecule has 30 heavy (non-hydrogen) atoms. The first-order chi connectivity index (χ1) is 14.1. The number of anilines is 1. The predicted molar refractivity (Wildman–Crippen MR) is 129 cm³/mol. The van der Waals surface area contributed by atoms with Crippen LogP contribution in [0.15, 0.2) is 53.5 Å². The lowest BCUT2D eigenvalue weighted by Gasteiger charge is -2.24. The lowest BCUT2D eigenvalue weighted by molar-refractivity contribution is 0.470. The average molecular weight is 526 g/mol. The van der Waals surface area contributed by atoms with Gasteiger partial charge in [-0.2, -0.15) is 0 Å². The van der Waals surface area contributed by atoms with E-state index < -0.39 is 11.6 Å². The highest BCUT2D eigenvalue weighted by atomic mass is 127. The molecular formula is C23H29F2IN4. The van der Waals surface area contributed by atoms with Gasteiger partial charge in [-0.15, -0.1) is 24.0 Å². The van der Waals surface area contributed by atoms with Crippen molar-refractivity contribution in [2.24, 2.45) is 10.9 Å². The standard InChI is InChI=1S/C23H28F2N4.HI/c1-26-23(29-12-10-19(16-29)18-5-3-2-4-6-18)27-14-17-9-11-28(15-17)20-7-8-21(24)22(25)13-20;/h2-8,13,17,19H,9-12,14-16H2,1H3,(H,26,27);1H. The van der Waals surface area contributed by atoms with Crippen molar-refractivity contribution in [2.45, 2.75) is 18.8 Å². The molecule has 2 aromatic rings. The molecule has 0 amide bonds. The van der Waals surface area contributed by atoms with E-state index in [0.29, 0.717) is 11.8 Å². The van der Waals surface area contributed by atoms with Crippen LogP contribution < -0.4 is 10.2 Å². The molecule has 1 N–H and O–H groups in total. The van der Waals surface area contributed by atoms with Crippen LogP contribution in [-0.2, 0) is 0 Å². The highest BCUT2D eigenvalue weighted by Crippen LogP contribution is 2.27. The molecule has 0 saturated carbocycles. The zero-order valence-corrected chi connectivity index (χ0v) is 19.6.